The predicted octanol–water partition coefficient (Wildman–Crippen LogP) is -1.72. The zero-order valence-corrected chi connectivity index (χ0v) is 10.7. The highest BCUT2D eigenvalue weighted by atomic mass is 32.2. The number of carbonyl (C=O) groups excluding carboxylic acids is 1. The lowest BCUT2D eigenvalue weighted by atomic mass is 10.2. The monoisotopic (exact) mass is 280 g/mol. The largest absolute Gasteiger partial charge is 0.479 e. The molecule has 0 aliphatic carbocycles. The van der Waals surface area contributed by atoms with Gasteiger partial charge in [-0.2, -0.15) is 0 Å². The van der Waals surface area contributed by atoms with Crippen LogP contribution < -0.4 is 10.0 Å². The molecule has 0 aromatic carbocycles. The molecule has 104 valence electrons. The van der Waals surface area contributed by atoms with Crippen molar-refractivity contribution >= 4 is 21.9 Å². The average molecular weight is 280 g/mol. The summed E-state index contributed by atoms with van der Waals surface area (Å²) >= 11 is 0. The van der Waals surface area contributed by atoms with Gasteiger partial charge in [-0.3, -0.25) is 4.79 Å². The Kier molecular flexibility index (Phi) is 5.05. The second-order valence-electron chi connectivity index (χ2n) is 3.84. The van der Waals surface area contributed by atoms with E-state index in [2.05, 4.69) is 10.0 Å². The van der Waals surface area contributed by atoms with Gasteiger partial charge in [0.1, 0.15) is 6.10 Å². The lowest BCUT2D eigenvalue weighted by Gasteiger charge is -2.11. The summed E-state index contributed by atoms with van der Waals surface area (Å²) in [5.74, 6) is -1.81. The second-order valence-corrected chi connectivity index (χ2v) is 5.89. The first-order valence-electron chi connectivity index (χ1n) is 5.43. The maximum Gasteiger partial charge on any atom is 0.332 e. The van der Waals surface area contributed by atoms with Gasteiger partial charge in [0.2, 0.25) is 15.9 Å². The fourth-order valence-electron chi connectivity index (χ4n) is 1.54. The van der Waals surface area contributed by atoms with Gasteiger partial charge < -0.3 is 15.2 Å². The van der Waals surface area contributed by atoms with Gasteiger partial charge in [0.25, 0.3) is 0 Å². The summed E-state index contributed by atoms with van der Waals surface area (Å²) in [5.41, 5.74) is 0. The standard InChI is InChI=1S/C9H16N2O6S/c1-10-18(15,16)5-4-11-8(12)6-2-3-7(17-6)9(13)14/h6-7,10H,2-5H2,1H3,(H,11,12)(H,13,14)/t6-,7+/m0/s1. The van der Waals surface area contributed by atoms with Gasteiger partial charge in [0, 0.05) is 6.54 Å². The molecule has 0 spiro atoms. The maximum atomic E-state index is 11.5. The van der Waals surface area contributed by atoms with Gasteiger partial charge in [0.15, 0.2) is 6.10 Å². The summed E-state index contributed by atoms with van der Waals surface area (Å²) in [7, 11) is -2.08. The third-order valence-corrected chi connectivity index (χ3v) is 3.93. The van der Waals surface area contributed by atoms with E-state index < -0.39 is 34.1 Å². The minimum atomic E-state index is -3.36. The average Bonchev–Trinajstić information content (AvgIpc) is 2.78. The molecule has 1 fully saturated rings. The normalized spacial score (nSPS) is 23.8. The maximum absolute atomic E-state index is 11.5. The van der Waals surface area contributed by atoms with Crippen LogP contribution in [0, 0.1) is 0 Å². The van der Waals surface area contributed by atoms with Crippen LogP contribution in [0.15, 0.2) is 0 Å². The van der Waals surface area contributed by atoms with Crippen LogP contribution >= 0.6 is 0 Å². The van der Waals surface area contributed by atoms with Gasteiger partial charge in [-0.1, -0.05) is 0 Å². The third-order valence-electron chi connectivity index (χ3n) is 2.57. The summed E-state index contributed by atoms with van der Waals surface area (Å²) in [5, 5.41) is 11.1. The van der Waals surface area contributed by atoms with Crippen molar-refractivity contribution in [3.63, 3.8) is 0 Å². The molecule has 1 amide bonds. The van der Waals surface area contributed by atoms with E-state index in [-0.39, 0.29) is 18.7 Å². The van der Waals surface area contributed by atoms with E-state index in [1.807, 2.05) is 0 Å². The lowest BCUT2D eigenvalue weighted by Crippen LogP contribution is -2.39. The molecule has 8 nitrogen and oxygen atoms in total. The molecule has 0 unspecified atom stereocenters. The molecule has 9 heteroatoms. The Balaban J connectivity index is 2.33. The fraction of sp³-hybridized carbons (Fsp3) is 0.778. The van der Waals surface area contributed by atoms with Crippen molar-refractivity contribution in [3.8, 4) is 0 Å². The molecule has 1 rings (SSSR count). The summed E-state index contributed by atoms with van der Waals surface area (Å²) < 4.78 is 29.3. The fourth-order valence-corrected chi connectivity index (χ4v) is 2.11. The number of ether oxygens (including phenoxy) is 1. The highest BCUT2D eigenvalue weighted by Gasteiger charge is 2.34. The van der Waals surface area contributed by atoms with Crippen LogP contribution in [0.3, 0.4) is 0 Å². The first-order chi connectivity index (χ1) is 8.35. The number of sulfonamides is 1. The summed E-state index contributed by atoms with van der Waals surface area (Å²) in [6, 6.07) is 0. The Hall–Kier alpha value is -1.19. The number of carboxylic acids is 1. The molecule has 3 N–H and O–H groups in total. The number of carbonyl (C=O) groups is 2. The van der Waals surface area contributed by atoms with Crippen LogP contribution in [0.1, 0.15) is 12.8 Å². The Morgan fingerprint density at radius 2 is 1.94 bits per heavy atom. The number of nitrogens with one attached hydrogen (secondary N) is 2. The van der Waals surface area contributed by atoms with Gasteiger partial charge in [-0.05, 0) is 19.9 Å². The van der Waals surface area contributed by atoms with E-state index in [4.69, 9.17) is 9.84 Å². The van der Waals surface area contributed by atoms with Crippen molar-refractivity contribution in [2.24, 2.45) is 0 Å². The molecule has 0 aromatic heterocycles. The Morgan fingerprint density at radius 1 is 1.33 bits per heavy atom. The molecular weight excluding hydrogens is 264 g/mol. The molecule has 18 heavy (non-hydrogen) atoms. The highest BCUT2D eigenvalue weighted by Crippen LogP contribution is 2.19. The van der Waals surface area contributed by atoms with Crippen LogP contribution in [0.2, 0.25) is 0 Å². The zero-order valence-electron chi connectivity index (χ0n) is 9.88. The van der Waals surface area contributed by atoms with Crippen LogP contribution in [-0.4, -0.2) is 57.0 Å². The minimum Gasteiger partial charge on any atom is -0.479 e. The quantitative estimate of drug-likeness (QED) is 0.532. The summed E-state index contributed by atoms with van der Waals surface area (Å²) in [6.07, 6.45) is -1.17. The Bertz CT molecular complexity index is 421. The second kappa shape index (κ2) is 6.12. The minimum absolute atomic E-state index is 0.0421. The van der Waals surface area contributed by atoms with Crippen molar-refractivity contribution in [3.05, 3.63) is 0 Å². The van der Waals surface area contributed by atoms with E-state index in [1.165, 1.54) is 7.05 Å². The number of rotatable bonds is 6. The molecule has 2 atom stereocenters. The van der Waals surface area contributed by atoms with Crippen molar-refractivity contribution in [2.75, 3.05) is 19.3 Å². The van der Waals surface area contributed by atoms with Crippen molar-refractivity contribution in [1.82, 2.24) is 10.0 Å². The van der Waals surface area contributed by atoms with E-state index in [0.29, 0.717) is 6.42 Å². The molecule has 1 heterocycles. The number of aliphatic carboxylic acids is 1. The highest BCUT2D eigenvalue weighted by molar-refractivity contribution is 7.89. The predicted molar refractivity (Wildman–Crippen MR) is 61.4 cm³/mol. The SMILES string of the molecule is CNS(=O)(=O)CCNC(=O)[C@@H]1CC[C@H](C(=O)O)O1. The molecule has 1 aliphatic heterocycles. The van der Waals surface area contributed by atoms with E-state index in [0.717, 1.165) is 0 Å². The van der Waals surface area contributed by atoms with E-state index in [1.54, 1.807) is 0 Å². The number of hydrogen-bond acceptors (Lipinski definition) is 5. The lowest BCUT2D eigenvalue weighted by molar-refractivity contribution is -0.151. The Morgan fingerprint density at radius 3 is 2.44 bits per heavy atom. The van der Waals surface area contributed by atoms with Gasteiger partial charge in [0.05, 0.1) is 5.75 Å². The van der Waals surface area contributed by atoms with E-state index >= 15 is 0 Å². The molecule has 0 saturated carbocycles. The number of amides is 1. The van der Waals surface area contributed by atoms with E-state index in [9.17, 15) is 18.0 Å². The van der Waals surface area contributed by atoms with Gasteiger partial charge in [-0.15, -0.1) is 0 Å². The van der Waals surface area contributed by atoms with Crippen molar-refractivity contribution in [2.45, 2.75) is 25.0 Å². The smallest absolute Gasteiger partial charge is 0.332 e. The molecule has 0 bridgehead atoms. The molecule has 1 aliphatic rings. The molecular formula is C9H16N2O6S. The molecule has 0 aromatic rings. The number of hydrogen-bond donors (Lipinski definition) is 3. The summed E-state index contributed by atoms with van der Waals surface area (Å²) in [4.78, 5) is 22.2. The first-order valence-corrected chi connectivity index (χ1v) is 7.08. The van der Waals surface area contributed by atoms with Gasteiger partial charge in [-0.25, -0.2) is 17.9 Å². The van der Waals surface area contributed by atoms with Crippen molar-refractivity contribution < 1.29 is 27.9 Å². The van der Waals surface area contributed by atoms with Crippen LogP contribution in [0.25, 0.3) is 0 Å². The third kappa shape index (κ3) is 4.24. The van der Waals surface area contributed by atoms with Crippen LogP contribution in [0.4, 0.5) is 0 Å². The first kappa shape index (κ1) is 14.9. The Labute approximate surface area is 105 Å². The topological polar surface area (TPSA) is 122 Å². The zero-order chi connectivity index (χ0) is 13.8. The molecule has 0 radical (unpaired) electrons. The summed E-state index contributed by atoms with van der Waals surface area (Å²) in [6.45, 7) is -0.0421. The van der Waals surface area contributed by atoms with Gasteiger partial charge >= 0.3 is 5.97 Å². The number of carboxylic acid groups (broad SMARTS) is 1. The van der Waals surface area contributed by atoms with Crippen LogP contribution in [0.5, 0.6) is 0 Å². The molecule has 1 saturated heterocycles. The van der Waals surface area contributed by atoms with Crippen LogP contribution in [-0.2, 0) is 24.3 Å². The van der Waals surface area contributed by atoms with Crippen molar-refractivity contribution in [1.29, 1.82) is 0 Å².